The zero-order chi connectivity index (χ0) is 29.6. The molecular weight excluding hydrogens is 588 g/mol. The molecule has 42 heavy (non-hydrogen) atoms. The number of aliphatic hydroxyl groups is 6. The number of ether oxygens (including phenoxy) is 4. The zero-order valence-electron chi connectivity index (χ0n) is 21.5. The van der Waals surface area contributed by atoms with Crippen LogP contribution >= 0.6 is 12.4 Å². The highest BCUT2D eigenvalue weighted by atomic mass is 35.5. The summed E-state index contributed by atoms with van der Waals surface area (Å²) in [6.07, 6.45) is -14.7. The van der Waals surface area contributed by atoms with E-state index in [1.807, 2.05) is 0 Å². The number of rotatable bonds is 6. The first-order valence-corrected chi connectivity index (χ1v) is 12.4. The van der Waals surface area contributed by atoms with Crippen molar-refractivity contribution in [2.24, 2.45) is 0 Å². The second kappa shape index (κ2) is 12.6. The molecular formula is C26H29ClO15. The van der Waals surface area contributed by atoms with Gasteiger partial charge >= 0.3 is 0 Å². The zero-order valence-corrected chi connectivity index (χ0v) is 22.3. The molecule has 0 aromatic heterocycles. The summed E-state index contributed by atoms with van der Waals surface area (Å²) < 4.78 is 28.4. The average molecular weight is 617 g/mol. The minimum atomic E-state index is -1.80. The van der Waals surface area contributed by atoms with Gasteiger partial charge in [-0.3, -0.25) is 4.79 Å². The van der Waals surface area contributed by atoms with Gasteiger partial charge in [-0.2, -0.15) is 0 Å². The van der Waals surface area contributed by atoms with E-state index >= 15 is 0 Å². The van der Waals surface area contributed by atoms with Gasteiger partial charge in [0.25, 0.3) is 0 Å². The number of hydrogen-bond acceptors (Lipinski definition) is 15. The highest BCUT2D eigenvalue weighted by Crippen LogP contribution is 2.43. The molecule has 230 valence electrons. The van der Waals surface area contributed by atoms with Gasteiger partial charge in [0.2, 0.25) is 6.29 Å². The molecule has 9 atom stereocenters. The molecule has 3 aliphatic heterocycles. The van der Waals surface area contributed by atoms with Gasteiger partial charge in [-0.25, -0.2) is 0 Å². The third kappa shape index (κ3) is 5.97. The van der Waals surface area contributed by atoms with Crippen molar-refractivity contribution in [3.8, 4) is 45.6 Å². The third-order valence-electron chi connectivity index (χ3n) is 6.86. The smallest absolute Gasteiger partial charge is 0.229 e. The molecule has 0 saturated carbocycles. The van der Waals surface area contributed by atoms with Crippen LogP contribution in [0.3, 0.4) is 0 Å². The molecule has 4 aliphatic rings. The lowest BCUT2D eigenvalue weighted by atomic mass is 9.98. The van der Waals surface area contributed by atoms with Crippen LogP contribution in [0.2, 0.25) is 0 Å². The molecule has 5 rings (SSSR count). The number of aromatic hydroxyl groups is 3. The lowest BCUT2D eigenvalue weighted by Gasteiger charge is -2.44. The summed E-state index contributed by atoms with van der Waals surface area (Å²) in [7, 11) is 0. The molecule has 0 spiro atoms. The Hall–Kier alpha value is -3.22. The summed E-state index contributed by atoms with van der Waals surface area (Å²) in [5.74, 6) is -1.86. The van der Waals surface area contributed by atoms with E-state index in [-0.39, 0.29) is 40.8 Å². The fourth-order valence-corrected chi connectivity index (χ4v) is 4.60. The fraction of sp³-hybridized carbons (Fsp3) is 0.423. The topological polar surface area (TPSA) is 249 Å². The van der Waals surface area contributed by atoms with Crippen LogP contribution in [0.5, 0.6) is 23.0 Å². The van der Waals surface area contributed by atoms with Gasteiger partial charge in [-0.05, 0) is 24.3 Å². The largest absolute Gasteiger partial charge is 0.507 e. The molecule has 0 radical (unpaired) electrons. The highest BCUT2D eigenvalue weighted by molar-refractivity contribution is 5.85. The van der Waals surface area contributed by atoms with Crippen molar-refractivity contribution in [1.29, 1.82) is 0 Å². The van der Waals surface area contributed by atoms with Gasteiger partial charge in [-0.1, -0.05) is 0 Å². The number of aliphatic hydroxyl groups excluding tert-OH is 6. The first-order valence-electron chi connectivity index (χ1n) is 12.4. The number of halogens is 1. The van der Waals surface area contributed by atoms with Crippen molar-refractivity contribution < 1.29 is 69.3 Å². The van der Waals surface area contributed by atoms with E-state index in [1.54, 1.807) is 0 Å². The molecule has 16 heteroatoms. The Balaban J connectivity index is 0.00000405. The van der Waals surface area contributed by atoms with Gasteiger partial charge in [-0.15, -0.1) is 12.4 Å². The lowest BCUT2D eigenvalue weighted by molar-refractivity contribution is -0.344. The second-order valence-corrected chi connectivity index (χ2v) is 9.67. The molecule has 1 aromatic carbocycles. The summed E-state index contributed by atoms with van der Waals surface area (Å²) in [5, 5.41) is 91.4. The Morgan fingerprint density at radius 2 is 1.57 bits per heavy atom. The van der Waals surface area contributed by atoms with E-state index in [0.29, 0.717) is 0 Å². The summed E-state index contributed by atoms with van der Waals surface area (Å²) in [4.78, 5) is 12.0. The van der Waals surface area contributed by atoms with Gasteiger partial charge in [0, 0.05) is 17.7 Å². The summed E-state index contributed by atoms with van der Waals surface area (Å²) in [6.45, 7) is -1.19. The molecule has 1 aliphatic carbocycles. The lowest BCUT2D eigenvalue weighted by Crippen LogP contribution is -2.63. The standard InChI is InChI=1S/C26H28O15.ClH/c27-7-18-20(34)21(35)24(41-25-22(36)19(33)15(32)8-37-25)26(40-18)39-17-6-11-13(30)4-10(28)5-16(11)38-23(17)9-1-2-12(29)14(31)3-9;/h1-6,15,18-22,24-27,29-36H,7-8H2;1H/t15-,18-,19+,20-,21+,22-,24-,25+,26-;/m1./s1. The van der Waals surface area contributed by atoms with Crippen LogP contribution in [-0.4, -0.2) is 114 Å². The molecule has 0 bridgehead atoms. The molecule has 2 saturated heterocycles. The molecule has 15 nitrogen and oxygen atoms in total. The maximum absolute atomic E-state index is 12.0. The van der Waals surface area contributed by atoms with Crippen LogP contribution in [0.1, 0.15) is 0 Å². The average Bonchev–Trinajstić information content (AvgIpc) is 2.94. The van der Waals surface area contributed by atoms with Crippen LogP contribution in [-0.2, 0) is 14.2 Å². The Kier molecular flexibility index (Phi) is 9.49. The first kappa shape index (κ1) is 31.7. The maximum atomic E-state index is 12.0. The molecule has 2 fully saturated rings. The monoisotopic (exact) mass is 616 g/mol. The Morgan fingerprint density at radius 1 is 0.833 bits per heavy atom. The molecule has 9 N–H and O–H groups in total. The van der Waals surface area contributed by atoms with Crippen molar-refractivity contribution >= 4 is 12.4 Å². The number of benzene rings is 2. The minimum Gasteiger partial charge on any atom is -0.507 e. The maximum Gasteiger partial charge on any atom is 0.229 e. The van der Waals surface area contributed by atoms with Gasteiger partial charge < -0.3 is 69.3 Å². The van der Waals surface area contributed by atoms with Crippen molar-refractivity contribution in [3.63, 3.8) is 0 Å². The predicted octanol–water partition coefficient (Wildman–Crippen LogP) is -1.41. The van der Waals surface area contributed by atoms with E-state index in [2.05, 4.69) is 0 Å². The van der Waals surface area contributed by atoms with E-state index in [9.17, 15) is 50.8 Å². The van der Waals surface area contributed by atoms with Gasteiger partial charge in [0.15, 0.2) is 40.8 Å². The fourth-order valence-electron chi connectivity index (χ4n) is 4.60. The molecule has 3 heterocycles. The normalized spacial score (nSPS) is 31.4. The molecule has 0 unspecified atom stereocenters. The first-order chi connectivity index (χ1) is 19.5. The van der Waals surface area contributed by atoms with E-state index in [0.717, 1.165) is 24.3 Å². The quantitative estimate of drug-likeness (QED) is 0.144. The molecule has 1 aromatic rings. The van der Waals surface area contributed by atoms with Crippen molar-refractivity contribution in [3.05, 3.63) is 46.6 Å². The van der Waals surface area contributed by atoms with Gasteiger partial charge in [0.05, 0.1) is 18.8 Å². The van der Waals surface area contributed by atoms with Crippen LogP contribution in [0.4, 0.5) is 0 Å². The summed E-state index contributed by atoms with van der Waals surface area (Å²) in [5.41, 5.74) is -0.428. The SMILES string of the molecule is Cl.O=c1cc2oc(-c3ccc(O)c(O)c3)c(O[C@@H]3O[C@H](CO)[C@@H](O)[C@H](O)[C@H]3O[C@@H]3OC[C@@H](O)[C@H](O)[C@H]3O)cc-2c(O)c1. The van der Waals surface area contributed by atoms with E-state index in [1.165, 1.54) is 12.1 Å². The van der Waals surface area contributed by atoms with Crippen LogP contribution in [0.25, 0.3) is 22.6 Å². The Morgan fingerprint density at radius 3 is 2.26 bits per heavy atom. The predicted molar refractivity (Wildman–Crippen MR) is 140 cm³/mol. The Bertz CT molecular complexity index is 1410. The summed E-state index contributed by atoms with van der Waals surface area (Å²) >= 11 is 0. The van der Waals surface area contributed by atoms with E-state index < -0.39 is 91.2 Å². The number of phenols is 3. The number of phenolic OH excluding ortho intramolecular Hbond substituents is 3. The number of fused-ring (bicyclic) bond motifs is 1. The second-order valence-electron chi connectivity index (χ2n) is 9.67. The van der Waals surface area contributed by atoms with Crippen molar-refractivity contribution in [2.45, 2.75) is 55.3 Å². The van der Waals surface area contributed by atoms with Crippen molar-refractivity contribution in [2.75, 3.05) is 13.2 Å². The van der Waals surface area contributed by atoms with Crippen LogP contribution < -0.4 is 10.2 Å². The van der Waals surface area contributed by atoms with E-state index in [4.69, 9.17) is 23.4 Å². The minimum absolute atomic E-state index is 0. The Labute approximate surface area is 242 Å². The van der Waals surface area contributed by atoms with Gasteiger partial charge in [0.1, 0.15) is 48.1 Å². The third-order valence-corrected chi connectivity index (χ3v) is 6.86. The number of hydrogen-bond donors (Lipinski definition) is 9. The van der Waals surface area contributed by atoms with Crippen LogP contribution in [0, 0.1) is 0 Å². The molecule has 0 amide bonds. The van der Waals surface area contributed by atoms with Crippen molar-refractivity contribution in [1.82, 2.24) is 0 Å². The highest BCUT2D eigenvalue weighted by Gasteiger charge is 2.50. The summed E-state index contributed by atoms with van der Waals surface area (Å²) in [6, 6.07) is 6.90. The van der Waals surface area contributed by atoms with Crippen LogP contribution in [0.15, 0.2) is 45.6 Å².